The predicted molar refractivity (Wildman–Crippen MR) is 107 cm³/mol. The molecule has 0 radical (unpaired) electrons. The highest BCUT2D eigenvalue weighted by molar-refractivity contribution is 6.32. The van der Waals surface area contributed by atoms with Crippen LogP contribution in [0.5, 0.6) is 0 Å². The Bertz CT molecular complexity index is 1160. The Balaban J connectivity index is 1.82. The maximum atomic E-state index is 14.0. The molecular weight excluding hydrogens is 379 g/mol. The van der Waals surface area contributed by atoms with Gasteiger partial charge in [0, 0.05) is 13.2 Å². The summed E-state index contributed by atoms with van der Waals surface area (Å²) in [6.07, 6.45) is 1.89. The number of para-hydroxylation sites is 2. The number of nitrogens with zero attached hydrogens (tertiary/aromatic N) is 3. The fraction of sp³-hybridized carbons (Fsp3) is 0.0476. The Morgan fingerprint density at radius 1 is 1.07 bits per heavy atom. The third kappa shape index (κ3) is 3.30. The number of carbonyl (C=O) groups excluding carboxylic acids is 1. The number of nitrogens with one attached hydrogen (secondary N) is 1. The van der Waals surface area contributed by atoms with Gasteiger partial charge in [-0.15, -0.1) is 0 Å². The molecule has 0 aliphatic heterocycles. The molecule has 4 rings (SSSR count). The Morgan fingerprint density at radius 3 is 2.54 bits per heavy atom. The second kappa shape index (κ2) is 7.32. The topological polar surface area (TPSA) is 51.9 Å². The molecule has 1 N–H and O–H groups in total. The summed E-state index contributed by atoms with van der Waals surface area (Å²) < 4.78 is 17.3. The molecule has 0 unspecified atom stereocenters. The molecule has 0 atom stereocenters. The third-order valence-corrected chi connectivity index (χ3v) is 4.67. The quantitative estimate of drug-likeness (QED) is 0.534. The van der Waals surface area contributed by atoms with Gasteiger partial charge in [0.15, 0.2) is 0 Å². The van der Waals surface area contributed by atoms with Gasteiger partial charge < -0.3 is 9.88 Å². The molecule has 0 saturated carbocycles. The standard InChI is InChI=1S/C21H16ClFN4O/c1-26-12-6-11-19(26)17-13-20(21(28)24-16-9-4-3-8-15(16)23)27(25-17)18-10-5-2-7-14(18)22/h2-13H,1H3,(H,24,28). The van der Waals surface area contributed by atoms with Crippen LogP contribution in [0.3, 0.4) is 0 Å². The van der Waals surface area contributed by atoms with Gasteiger partial charge in [0.25, 0.3) is 5.91 Å². The van der Waals surface area contributed by atoms with Crippen molar-refractivity contribution in [2.24, 2.45) is 7.05 Å². The van der Waals surface area contributed by atoms with E-state index in [0.717, 1.165) is 5.69 Å². The van der Waals surface area contributed by atoms with Crippen molar-refractivity contribution in [3.8, 4) is 17.1 Å². The number of aryl methyl sites for hydroxylation is 1. The highest BCUT2D eigenvalue weighted by Crippen LogP contribution is 2.26. The molecule has 0 spiro atoms. The molecule has 28 heavy (non-hydrogen) atoms. The number of hydrogen-bond acceptors (Lipinski definition) is 2. The van der Waals surface area contributed by atoms with Gasteiger partial charge >= 0.3 is 0 Å². The molecule has 0 fully saturated rings. The number of anilines is 1. The highest BCUT2D eigenvalue weighted by atomic mass is 35.5. The largest absolute Gasteiger partial charge is 0.349 e. The minimum absolute atomic E-state index is 0.0971. The molecule has 0 saturated heterocycles. The molecule has 2 heterocycles. The van der Waals surface area contributed by atoms with Crippen LogP contribution in [-0.4, -0.2) is 20.3 Å². The summed E-state index contributed by atoms with van der Waals surface area (Å²) in [6, 6.07) is 18.6. The number of amides is 1. The van der Waals surface area contributed by atoms with Gasteiger partial charge in [-0.3, -0.25) is 4.79 Å². The van der Waals surface area contributed by atoms with Crippen molar-refractivity contribution in [3.05, 3.63) is 89.5 Å². The lowest BCUT2D eigenvalue weighted by molar-refractivity contribution is 0.101. The second-order valence-corrected chi connectivity index (χ2v) is 6.62. The van der Waals surface area contributed by atoms with Crippen LogP contribution in [0.2, 0.25) is 5.02 Å². The summed E-state index contributed by atoms with van der Waals surface area (Å²) in [5.41, 5.74) is 2.34. The van der Waals surface area contributed by atoms with Gasteiger partial charge in [0.2, 0.25) is 0 Å². The fourth-order valence-corrected chi connectivity index (χ4v) is 3.17. The first-order valence-corrected chi connectivity index (χ1v) is 8.95. The molecule has 140 valence electrons. The van der Waals surface area contributed by atoms with Gasteiger partial charge in [0.05, 0.1) is 22.1 Å². The molecule has 5 nitrogen and oxygen atoms in total. The number of hydrogen-bond donors (Lipinski definition) is 1. The molecule has 7 heteroatoms. The first-order valence-electron chi connectivity index (χ1n) is 8.57. The zero-order valence-electron chi connectivity index (χ0n) is 14.9. The van der Waals surface area contributed by atoms with Crippen molar-refractivity contribution in [3.63, 3.8) is 0 Å². The van der Waals surface area contributed by atoms with Crippen molar-refractivity contribution in [2.45, 2.75) is 0 Å². The molecular formula is C21H16ClFN4O. The van der Waals surface area contributed by atoms with Crippen LogP contribution < -0.4 is 5.32 Å². The Kier molecular flexibility index (Phi) is 4.71. The lowest BCUT2D eigenvalue weighted by Gasteiger charge is -2.10. The molecule has 0 aliphatic carbocycles. The summed E-state index contributed by atoms with van der Waals surface area (Å²) in [6.45, 7) is 0. The van der Waals surface area contributed by atoms with E-state index in [2.05, 4.69) is 10.4 Å². The predicted octanol–water partition coefficient (Wildman–Crippen LogP) is 4.92. The molecule has 4 aromatic rings. The van der Waals surface area contributed by atoms with Gasteiger partial charge in [-0.2, -0.15) is 5.10 Å². The van der Waals surface area contributed by atoms with Gasteiger partial charge in [-0.1, -0.05) is 35.9 Å². The zero-order chi connectivity index (χ0) is 19.7. The van der Waals surface area contributed by atoms with Gasteiger partial charge in [0.1, 0.15) is 17.2 Å². The first kappa shape index (κ1) is 18.0. The smallest absolute Gasteiger partial charge is 0.274 e. The average Bonchev–Trinajstić information content (AvgIpc) is 3.30. The van der Waals surface area contributed by atoms with Crippen molar-refractivity contribution in [1.82, 2.24) is 14.3 Å². The summed E-state index contributed by atoms with van der Waals surface area (Å²) >= 11 is 6.33. The average molecular weight is 395 g/mol. The Morgan fingerprint density at radius 2 is 1.82 bits per heavy atom. The van der Waals surface area contributed by atoms with Crippen molar-refractivity contribution in [2.75, 3.05) is 5.32 Å². The molecule has 0 aliphatic rings. The molecule has 1 amide bonds. The summed E-state index contributed by atoms with van der Waals surface area (Å²) in [7, 11) is 1.89. The van der Waals surface area contributed by atoms with Crippen LogP contribution >= 0.6 is 11.6 Å². The minimum atomic E-state index is -0.512. The molecule has 2 aromatic heterocycles. The Hall–Kier alpha value is -3.38. The van der Waals surface area contributed by atoms with Crippen LogP contribution in [0.25, 0.3) is 17.1 Å². The number of benzene rings is 2. The van der Waals surface area contributed by atoms with Crippen LogP contribution in [0.15, 0.2) is 72.9 Å². The van der Waals surface area contributed by atoms with E-state index in [-0.39, 0.29) is 11.4 Å². The summed E-state index contributed by atoms with van der Waals surface area (Å²) in [4.78, 5) is 13.0. The second-order valence-electron chi connectivity index (χ2n) is 6.22. The normalized spacial score (nSPS) is 10.8. The van der Waals surface area contributed by atoms with Crippen molar-refractivity contribution < 1.29 is 9.18 Å². The Labute approximate surface area is 166 Å². The van der Waals surface area contributed by atoms with Crippen LogP contribution in [0, 0.1) is 5.82 Å². The molecule has 0 bridgehead atoms. The zero-order valence-corrected chi connectivity index (χ0v) is 15.7. The maximum absolute atomic E-state index is 14.0. The highest BCUT2D eigenvalue weighted by Gasteiger charge is 2.20. The van der Waals surface area contributed by atoms with E-state index < -0.39 is 11.7 Å². The van der Waals surface area contributed by atoms with E-state index in [1.54, 1.807) is 36.4 Å². The fourth-order valence-electron chi connectivity index (χ4n) is 2.95. The maximum Gasteiger partial charge on any atom is 0.274 e. The van der Waals surface area contributed by atoms with Crippen molar-refractivity contribution in [1.29, 1.82) is 0 Å². The lowest BCUT2D eigenvalue weighted by Crippen LogP contribution is -2.17. The van der Waals surface area contributed by atoms with Crippen molar-refractivity contribution >= 4 is 23.2 Å². The monoisotopic (exact) mass is 394 g/mol. The van der Waals surface area contributed by atoms with Crippen LogP contribution in [-0.2, 0) is 7.05 Å². The first-order chi connectivity index (χ1) is 13.5. The van der Waals surface area contributed by atoms with E-state index in [9.17, 15) is 9.18 Å². The summed E-state index contributed by atoms with van der Waals surface area (Å²) in [5.74, 6) is -1.000. The van der Waals surface area contributed by atoms with Crippen LogP contribution in [0.1, 0.15) is 10.5 Å². The SMILES string of the molecule is Cn1cccc1-c1cc(C(=O)Nc2ccccc2F)n(-c2ccccc2Cl)n1. The number of rotatable bonds is 4. The van der Waals surface area contributed by atoms with E-state index in [0.29, 0.717) is 16.4 Å². The lowest BCUT2D eigenvalue weighted by atomic mass is 10.2. The third-order valence-electron chi connectivity index (χ3n) is 4.35. The van der Waals surface area contributed by atoms with E-state index in [1.807, 2.05) is 36.0 Å². The van der Waals surface area contributed by atoms with E-state index in [1.165, 1.54) is 16.8 Å². The number of carbonyl (C=O) groups is 1. The van der Waals surface area contributed by atoms with Gasteiger partial charge in [-0.05, 0) is 42.5 Å². The summed E-state index contributed by atoms with van der Waals surface area (Å²) in [5, 5.41) is 7.64. The van der Waals surface area contributed by atoms with E-state index >= 15 is 0 Å². The number of halogens is 2. The number of aromatic nitrogens is 3. The molecule has 2 aromatic carbocycles. The van der Waals surface area contributed by atoms with Gasteiger partial charge in [-0.25, -0.2) is 9.07 Å². The minimum Gasteiger partial charge on any atom is -0.349 e. The van der Waals surface area contributed by atoms with Crippen LogP contribution in [0.4, 0.5) is 10.1 Å². The van der Waals surface area contributed by atoms with E-state index in [4.69, 9.17) is 11.6 Å².